The van der Waals surface area contributed by atoms with Crippen LogP contribution in [0.3, 0.4) is 0 Å². The lowest BCUT2D eigenvalue weighted by molar-refractivity contribution is -0.120. The molecule has 3 aromatic rings. The molecule has 26 heavy (non-hydrogen) atoms. The van der Waals surface area contributed by atoms with Crippen molar-refractivity contribution in [2.24, 2.45) is 7.05 Å². The first-order chi connectivity index (χ1) is 12.5. The zero-order valence-corrected chi connectivity index (χ0v) is 16.1. The quantitative estimate of drug-likeness (QED) is 0.708. The molecule has 1 aliphatic rings. The van der Waals surface area contributed by atoms with Crippen LogP contribution in [0.5, 0.6) is 5.75 Å². The lowest BCUT2D eigenvalue weighted by Crippen LogP contribution is -2.56. The van der Waals surface area contributed by atoms with Crippen LogP contribution < -0.4 is 14.5 Å². The van der Waals surface area contributed by atoms with Crippen molar-refractivity contribution in [2.75, 3.05) is 30.0 Å². The Kier molecular flexibility index (Phi) is 4.07. The third-order valence-corrected chi connectivity index (χ3v) is 5.99. The summed E-state index contributed by atoms with van der Waals surface area (Å²) in [6, 6.07) is 7.35. The second kappa shape index (κ2) is 6.28. The summed E-state index contributed by atoms with van der Waals surface area (Å²) < 4.78 is 8.16. The molecule has 0 aliphatic carbocycles. The van der Waals surface area contributed by atoms with Crippen molar-refractivity contribution >= 4 is 38.4 Å². The molecule has 0 bridgehead atoms. The standard InChI is InChI=1S/C18H21N5O2S/c1-11-15-16(21(3)20-11)19-18(26-15)22-8-9-23(17(24)12(22)2)13-6-5-7-14(10-13)25-4/h5-7,10,12H,8-9H2,1-4H3. The summed E-state index contributed by atoms with van der Waals surface area (Å²) in [6.07, 6.45) is 0. The van der Waals surface area contributed by atoms with Crippen LogP contribution in [0.15, 0.2) is 24.3 Å². The van der Waals surface area contributed by atoms with Gasteiger partial charge in [-0.15, -0.1) is 0 Å². The van der Waals surface area contributed by atoms with Crippen molar-refractivity contribution < 1.29 is 9.53 Å². The van der Waals surface area contributed by atoms with Crippen molar-refractivity contribution in [1.29, 1.82) is 0 Å². The molecule has 1 aromatic carbocycles. The molecule has 1 fully saturated rings. The molecule has 3 heterocycles. The molecule has 0 saturated carbocycles. The van der Waals surface area contributed by atoms with Crippen molar-refractivity contribution in [3.63, 3.8) is 0 Å². The Labute approximate surface area is 155 Å². The Morgan fingerprint density at radius 1 is 1.31 bits per heavy atom. The number of anilines is 2. The number of methoxy groups -OCH3 is 1. The monoisotopic (exact) mass is 371 g/mol. The van der Waals surface area contributed by atoms with Crippen LogP contribution in [0.2, 0.25) is 0 Å². The summed E-state index contributed by atoms with van der Waals surface area (Å²) in [5.41, 5.74) is 2.71. The van der Waals surface area contributed by atoms with Crippen LogP contribution >= 0.6 is 11.3 Å². The van der Waals surface area contributed by atoms with Gasteiger partial charge in [-0.1, -0.05) is 17.4 Å². The van der Waals surface area contributed by atoms with E-state index in [4.69, 9.17) is 9.72 Å². The molecule has 1 aliphatic heterocycles. The van der Waals surface area contributed by atoms with E-state index in [1.165, 1.54) is 0 Å². The highest BCUT2D eigenvalue weighted by Gasteiger charge is 2.34. The molecule has 0 N–H and O–H groups in total. The molecule has 136 valence electrons. The first-order valence-electron chi connectivity index (χ1n) is 8.52. The number of piperazine rings is 1. The molecule has 2 aromatic heterocycles. The third-order valence-electron chi connectivity index (χ3n) is 4.80. The van der Waals surface area contributed by atoms with E-state index in [1.54, 1.807) is 23.1 Å². The number of amides is 1. The Balaban J connectivity index is 1.61. The lowest BCUT2D eigenvalue weighted by Gasteiger charge is -2.39. The number of rotatable bonds is 3. The molecule has 4 rings (SSSR count). The minimum absolute atomic E-state index is 0.0682. The molecule has 1 saturated heterocycles. The van der Waals surface area contributed by atoms with E-state index in [0.29, 0.717) is 6.54 Å². The average molecular weight is 371 g/mol. The van der Waals surface area contributed by atoms with Gasteiger partial charge in [0, 0.05) is 31.9 Å². The minimum Gasteiger partial charge on any atom is -0.497 e. The number of hydrogen-bond donors (Lipinski definition) is 0. The van der Waals surface area contributed by atoms with Gasteiger partial charge < -0.3 is 14.5 Å². The number of thiazole rings is 1. The second-order valence-electron chi connectivity index (χ2n) is 6.42. The van der Waals surface area contributed by atoms with Gasteiger partial charge in [0.1, 0.15) is 11.8 Å². The Bertz CT molecular complexity index is 945. The average Bonchev–Trinajstić information content (AvgIpc) is 3.19. The predicted octanol–water partition coefficient (Wildman–Crippen LogP) is 2.59. The maximum atomic E-state index is 13.0. The number of carbonyl (C=O) groups excluding carboxylic acids is 1. The van der Waals surface area contributed by atoms with Crippen molar-refractivity contribution in [1.82, 2.24) is 14.8 Å². The summed E-state index contributed by atoms with van der Waals surface area (Å²) in [6.45, 7) is 5.27. The van der Waals surface area contributed by atoms with E-state index < -0.39 is 0 Å². The highest BCUT2D eigenvalue weighted by molar-refractivity contribution is 7.22. The molecular weight excluding hydrogens is 350 g/mol. The van der Waals surface area contributed by atoms with Gasteiger partial charge in [-0.2, -0.15) is 5.10 Å². The number of benzene rings is 1. The summed E-state index contributed by atoms with van der Waals surface area (Å²) in [5, 5.41) is 5.27. The summed E-state index contributed by atoms with van der Waals surface area (Å²) in [4.78, 5) is 21.6. The minimum atomic E-state index is -0.274. The van der Waals surface area contributed by atoms with E-state index in [2.05, 4.69) is 10.00 Å². The molecule has 1 atom stereocenters. The first kappa shape index (κ1) is 16.8. The van der Waals surface area contributed by atoms with E-state index in [1.807, 2.05) is 50.1 Å². The fourth-order valence-corrected chi connectivity index (χ4v) is 4.50. The number of carbonyl (C=O) groups is 1. The number of aromatic nitrogens is 3. The smallest absolute Gasteiger partial charge is 0.249 e. The highest BCUT2D eigenvalue weighted by Crippen LogP contribution is 2.34. The number of ether oxygens (including phenoxy) is 1. The Morgan fingerprint density at radius 2 is 2.12 bits per heavy atom. The zero-order chi connectivity index (χ0) is 18.4. The van der Waals surface area contributed by atoms with Gasteiger partial charge in [-0.25, -0.2) is 9.67 Å². The number of nitrogens with zero attached hydrogens (tertiary/aromatic N) is 5. The van der Waals surface area contributed by atoms with Crippen LogP contribution in [-0.4, -0.2) is 46.9 Å². The molecule has 0 radical (unpaired) electrons. The van der Waals surface area contributed by atoms with Crippen molar-refractivity contribution in [3.8, 4) is 5.75 Å². The Hall–Kier alpha value is -2.61. The van der Waals surface area contributed by atoms with Crippen LogP contribution in [-0.2, 0) is 11.8 Å². The summed E-state index contributed by atoms with van der Waals surface area (Å²) in [5.74, 6) is 0.818. The van der Waals surface area contributed by atoms with E-state index in [-0.39, 0.29) is 11.9 Å². The van der Waals surface area contributed by atoms with Gasteiger partial charge >= 0.3 is 0 Å². The predicted molar refractivity (Wildman–Crippen MR) is 103 cm³/mol. The van der Waals surface area contributed by atoms with Crippen LogP contribution in [0, 0.1) is 6.92 Å². The Morgan fingerprint density at radius 3 is 2.85 bits per heavy atom. The fourth-order valence-electron chi connectivity index (χ4n) is 3.36. The van der Waals surface area contributed by atoms with Crippen molar-refractivity contribution in [3.05, 3.63) is 30.0 Å². The SMILES string of the molecule is COc1cccc(N2CCN(c3nc4c(s3)c(C)nn4C)C(C)C2=O)c1. The molecule has 1 unspecified atom stereocenters. The summed E-state index contributed by atoms with van der Waals surface area (Å²) >= 11 is 1.60. The normalized spacial score (nSPS) is 18.0. The van der Waals surface area contributed by atoms with Gasteiger partial charge in [-0.05, 0) is 26.0 Å². The lowest BCUT2D eigenvalue weighted by atomic mass is 10.1. The zero-order valence-electron chi connectivity index (χ0n) is 15.3. The topological polar surface area (TPSA) is 63.5 Å². The van der Waals surface area contributed by atoms with Crippen LogP contribution in [0.1, 0.15) is 12.6 Å². The van der Waals surface area contributed by atoms with E-state index >= 15 is 0 Å². The number of hydrogen-bond acceptors (Lipinski definition) is 6. The second-order valence-corrected chi connectivity index (χ2v) is 7.40. The van der Waals surface area contributed by atoms with Gasteiger partial charge in [0.2, 0.25) is 5.91 Å². The van der Waals surface area contributed by atoms with Gasteiger partial charge in [0.25, 0.3) is 0 Å². The fraction of sp³-hybridized carbons (Fsp3) is 0.389. The molecule has 0 spiro atoms. The summed E-state index contributed by atoms with van der Waals surface area (Å²) in [7, 11) is 3.53. The maximum Gasteiger partial charge on any atom is 0.249 e. The van der Waals surface area contributed by atoms with Crippen molar-refractivity contribution in [2.45, 2.75) is 19.9 Å². The van der Waals surface area contributed by atoms with E-state index in [0.717, 1.165) is 39.2 Å². The number of aryl methyl sites for hydroxylation is 2. The molecule has 7 nitrogen and oxygen atoms in total. The molecule has 1 amide bonds. The van der Waals surface area contributed by atoms with Gasteiger partial charge in [0.15, 0.2) is 10.8 Å². The maximum absolute atomic E-state index is 13.0. The third kappa shape index (κ3) is 2.61. The van der Waals surface area contributed by atoms with E-state index in [9.17, 15) is 4.79 Å². The largest absolute Gasteiger partial charge is 0.497 e. The highest BCUT2D eigenvalue weighted by atomic mass is 32.1. The molecule has 8 heteroatoms. The van der Waals surface area contributed by atoms with Crippen LogP contribution in [0.4, 0.5) is 10.8 Å². The number of fused-ring (bicyclic) bond motifs is 1. The first-order valence-corrected chi connectivity index (χ1v) is 9.33. The van der Waals surface area contributed by atoms with Gasteiger partial charge in [0.05, 0.1) is 17.5 Å². The molecular formula is C18H21N5O2S. The van der Waals surface area contributed by atoms with Crippen LogP contribution in [0.25, 0.3) is 10.3 Å². The van der Waals surface area contributed by atoms with Gasteiger partial charge in [-0.3, -0.25) is 4.79 Å².